The second-order valence-corrected chi connectivity index (χ2v) is 22.7. The summed E-state index contributed by atoms with van der Waals surface area (Å²) >= 11 is 0. The number of aromatic nitrogens is 1. The number of carbonyl (C=O) groups excluding carboxylic acids is 4. The summed E-state index contributed by atoms with van der Waals surface area (Å²) in [5, 5.41) is 78.2. The largest absolute Gasteiger partial charge is 2.00 e. The van der Waals surface area contributed by atoms with Crippen molar-refractivity contribution in [1.82, 2.24) is 4.98 Å². The predicted molar refractivity (Wildman–Crippen MR) is 315 cm³/mol. The van der Waals surface area contributed by atoms with Crippen LogP contribution in [0.25, 0.3) is 24.3 Å². The number of unbranched alkanes of at least 4 members (excludes halogenated alkanes) is 1. The van der Waals surface area contributed by atoms with E-state index in [1.54, 1.807) is 61.6 Å². The normalized spacial score (nSPS) is 17.2. The number of phenolic OH excluding ortho intramolecular Hbond substituents is 2. The predicted octanol–water partition coefficient (Wildman–Crippen LogP) is -3.61. The number of carboxylic acid groups (broad SMARTS) is 3. The molecule has 447 valence electrons. The van der Waals surface area contributed by atoms with Crippen LogP contribution in [0, 0.1) is 18.8 Å². The average Bonchev–Trinajstić information content (AvgIpc) is 1.88. The maximum atomic E-state index is 12.5. The Morgan fingerprint density at radius 3 is 1.91 bits per heavy atom. The third-order valence-corrected chi connectivity index (χ3v) is 17.3. The molecule has 1 aromatic heterocycles. The number of rotatable bonds is 20. The zero-order valence-electron chi connectivity index (χ0n) is 50.5. The molecule has 0 aliphatic carbocycles. The zero-order valence-corrected chi connectivity index (χ0v) is 59.1. The minimum Gasteiger partial charge on any atom is -0.883 e. The van der Waals surface area contributed by atoms with Gasteiger partial charge in [0.1, 0.15) is 0 Å². The average molecular weight is 1300 g/mol. The molecule has 0 amide bonds. The molecule has 1 radical (unpaired) electrons. The first-order valence-corrected chi connectivity index (χ1v) is 29.2. The minimum atomic E-state index is -1.52. The summed E-state index contributed by atoms with van der Waals surface area (Å²) < 4.78 is 10.00. The van der Waals surface area contributed by atoms with Gasteiger partial charge in [-0.3, -0.25) is 19.4 Å². The molecule has 8 rings (SSSR count). The van der Waals surface area contributed by atoms with Crippen LogP contribution in [0.2, 0.25) is 0 Å². The summed E-state index contributed by atoms with van der Waals surface area (Å²) in [4.78, 5) is 76.9. The first-order chi connectivity index (χ1) is 39.6. The van der Waals surface area contributed by atoms with Gasteiger partial charge in [-0.15, -0.1) is 10.7 Å². The van der Waals surface area contributed by atoms with E-state index in [4.69, 9.17) is 29.5 Å². The van der Waals surface area contributed by atoms with Crippen molar-refractivity contribution in [2.75, 3.05) is 20.0 Å². The number of phenols is 2. The second-order valence-electron chi connectivity index (χ2n) is 19.9. The van der Waals surface area contributed by atoms with Crippen LogP contribution in [0.4, 0.5) is 0 Å². The number of carboxylic acids is 3. The van der Waals surface area contributed by atoms with Crippen LogP contribution < -0.4 is 134 Å². The number of methoxy groups -OCH3 is 2. The topological polar surface area (TPSA) is 308 Å². The first-order valence-electron chi connectivity index (χ1n) is 26.8. The molecule has 0 saturated carbocycles. The summed E-state index contributed by atoms with van der Waals surface area (Å²) in [5.41, 5.74) is 7.24. The van der Waals surface area contributed by atoms with E-state index in [9.17, 15) is 54.6 Å². The number of allylic oxidation sites excluding steroid dienone is 10. The van der Waals surface area contributed by atoms with E-state index in [-0.39, 0.29) is 182 Å². The van der Waals surface area contributed by atoms with Crippen LogP contribution in [0.1, 0.15) is 108 Å². The molecule has 1 fully saturated rings. The number of ether oxygens (including phenoxy) is 2. The van der Waals surface area contributed by atoms with Crippen LogP contribution in [0.5, 0.6) is 23.0 Å². The Hall–Kier alpha value is -4.84. The molecular formula is C63H65CuN4Na3O14S2. The molecule has 0 unspecified atom stereocenters. The third kappa shape index (κ3) is 21.4. The van der Waals surface area contributed by atoms with E-state index in [0.717, 1.165) is 40.4 Å². The van der Waals surface area contributed by atoms with Crippen LogP contribution in [0.3, 0.4) is 0 Å². The van der Waals surface area contributed by atoms with Crippen molar-refractivity contribution in [3.05, 3.63) is 151 Å². The van der Waals surface area contributed by atoms with Crippen LogP contribution in [-0.2, 0) is 47.5 Å². The SMILES string of the molecule is C=CC1=C(C)C2=CC3=NC(=C(CC(=O)[O-])C4=NC(=C(C)C4=C([O-])[O-])C=c4[n-]c(c(C)c4CC)=CC1=N2)[C@@H](CCC(=O)[O-])[C@@H]3C.COc1cc(/C=C/C(=O)CC(=O)/C=C/c2ccc(O)c(OC)c2)ccc1O.O=C(O)CCCC[C@@H]1CCSS1.[Cu+2].[Na+].[Na+].[Na+]. The molecule has 0 spiro atoms. The molecule has 3 atom stereocenters. The van der Waals surface area contributed by atoms with E-state index in [1.165, 1.54) is 57.1 Å². The fourth-order valence-corrected chi connectivity index (χ4v) is 12.8. The van der Waals surface area contributed by atoms with Gasteiger partial charge in [0, 0.05) is 64.5 Å². The van der Waals surface area contributed by atoms with Gasteiger partial charge in [0.15, 0.2) is 34.6 Å². The fourth-order valence-electron chi connectivity index (χ4n) is 9.82. The fraction of sp³-hybridized carbons (Fsp3) is 0.333. The molecule has 87 heavy (non-hydrogen) atoms. The Balaban J connectivity index is 0.000000511. The zero-order chi connectivity index (χ0) is 60.7. The molecule has 3 N–H and O–H groups in total. The molecular weight excluding hydrogens is 1230 g/mol. The van der Waals surface area contributed by atoms with Crippen molar-refractivity contribution in [1.29, 1.82) is 0 Å². The van der Waals surface area contributed by atoms with Crippen LogP contribution in [-0.4, -0.2) is 87.2 Å². The molecule has 3 aromatic rings. The summed E-state index contributed by atoms with van der Waals surface area (Å²) in [7, 11) is 6.78. The molecule has 24 heteroatoms. The van der Waals surface area contributed by atoms with Crippen molar-refractivity contribution < 1.29 is 175 Å². The van der Waals surface area contributed by atoms with Gasteiger partial charge in [-0.2, -0.15) is 5.95 Å². The van der Waals surface area contributed by atoms with Gasteiger partial charge < -0.3 is 59.8 Å². The van der Waals surface area contributed by atoms with Crippen LogP contribution >= 0.6 is 21.6 Å². The van der Waals surface area contributed by atoms with Gasteiger partial charge in [0.05, 0.1) is 49.2 Å². The number of hydrogen-bond donors (Lipinski definition) is 3. The van der Waals surface area contributed by atoms with Crippen molar-refractivity contribution in [2.24, 2.45) is 26.8 Å². The number of nitrogens with zero attached hydrogens (tertiary/aromatic N) is 4. The number of carbonyl (C=O) groups is 5. The van der Waals surface area contributed by atoms with E-state index < -0.39 is 36.2 Å². The van der Waals surface area contributed by atoms with Crippen molar-refractivity contribution in [3.8, 4) is 23.0 Å². The van der Waals surface area contributed by atoms with Gasteiger partial charge in [-0.25, -0.2) is 9.98 Å². The molecule has 5 aliphatic heterocycles. The van der Waals surface area contributed by atoms with Gasteiger partial charge in [-0.1, -0.05) is 102 Å². The summed E-state index contributed by atoms with van der Waals surface area (Å²) in [6.45, 7) is 13.3. The maximum Gasteiger partial charge on any atom is 2.00 e. The van der Waals surface area contributed by atoms with E-state index >= 15 is 0 Å². The van der Waals surface area contributed by atoms with Crippen molar-refractivity contribution in [2.45, 2.75) is 104 Å². The number of ketones is 2. The summed E-state index contributed by atoms with van der Waals surface area (Å²) in [6.07, 6.45) is 17.1. The molecule has 8 bridgehead atoms. The smallest absolute Gasteiger partial charge is 0.883 e. The number of aromatic hydroxyl groups is 2. The molecule has 6 heterocycles. The van der Waals surface area contributed by atoms with Crippen molar-refractivity contribution in [3.63, 3.8) is 0 Å². The van der Waals surface area contributed by atoms with Gasteiger partial charge in [0.2, 0.25) is 0 Å². The minimum absolute atomic E-state index is 0. The molecule has 1 saturated heterocycles. The second kappa shape index (κ2) is 37.4. The summed E-state index contributed by atoms with van der Waals surface area (Å²) in [6, 6.07) is 9.34. The van der Waals surface area contributed by atoms with Gasteiger partial charge >= 0.3 is 112 Å². The number of fused-ring (bicyclic) bond motifs is 5. The van der Waals surface area contributed by atoms with Gasteiger partial charge in [0.25, 0.3) is 0 Å². The number of hydrogen-bond acceptors (Lipinski definition) is 18. The Bertz CT molecular complexity index is 3480. The molecule has 5 aliphatic rings. The van der Waals surface area contributed by atoms with Crippen molar-refractivity contribution >= 4 is 92.5 Å². The first kappa shape index (κ1) is 78.3. The summed E-state index contributed by atoms with van der Waals surface area (Å²) in [5.74, 6) is -4.67. The quantitative estimate of drug-likeness (QED) is 0.0246. The van der Waals surface area contributed by atoms with Gasteiger partial charge in [-0.05, 0) is 130 Å². The number of aliphatic carboxylic acids is 3. The number of aliphatic imine (C=N–C) groups is 3. The monoisotopic (exact) mass is 1300 g/mol. The number of benzene rings is 2. The Morgan fingerprint density at radius 2 is 1.40 bits per heavy atom. The Kier molecular flexibility index (Phi) is 33.6. The third-order valence-electron chi connectivity index (χ3n) is 14.3. The maximum absolute atomic E-state index is 12.5. The van der Waals surface area contributed by atoms with E-state index in [2.05, 4.69) is 11.6 Å². The molecule has 18 nitrogen and oxygen atoms in total. The van der Waals surface area contributed by atoms with E-state index in [0.29, 0.717) is 69.0 Å². The Morgan fingerprint density at radius 1 is 0.793 bits per heavy atom. The standard InChI is InChI=1S/C34H36N4O6.C21H20O6.C8H14O2S2.Cu.3Na/c1-7-19-15(3)23-12-25-17(5)21(9-10-29(39)40)32(37-25)22(11-30(41)42)33-31(34(43)44)18(6)26(38-33)14-28-20(8-2)16(4)24(36-28)13-27(19)35-23;1-26-20-11-14(5-9-18(20)24)3-7-16(22)13-17(23)8-4-15-6-10-19(25)21(12-15)27-2;9-8(10)4-2-1-3-7-5-6-11-12-7;;;;/h7,12-14,17,21H,1,8-11H2,2-6H3,(H5,35,36,37,38,39,40,41,42,43,44);3-12,24-25H,13H2,1-2H3;7H,1-6H2,(H,9,10);;;;/q;;;+2;3*+1/p-5/b;7-3+,8-4+;;;;;/t17-,21-;;7-;;;;/m0.1..../s1. The van der Waals surface area contributed by atoms with E-state index in [1.807, 2.05) is 55.4 Å². The molecule has 2 aromatic carbocycles. The Labute approximate surface area is 591 Å². The van der Waals surface area contributed by atoms with Crippen LogP contribution in [0.15, 0.2) is 133 Å².